The van der Waals surface area contributed by atoms with E-state index < -0.39 is 10.3 Å². The van der Waals surface area contributed by atoms with E-state index in [9.17, 15) is 8.42 Å². The van der Waals surface area contributed by atoms with E-state index in [0.717, 1.165) is 18.8 Å². The van der Waals surface area contributed by atoms with Gasteiger partial charge in [0.25, 0.3) is 0 Å². The van der Waals surface area contributed by atoms with E-state index in [1.54, 1.807) is 0 Å². The van der Waals surface area contributed by atoms with Crippen LogP contribution in [0.25, 0.3) is 0 Å². The molecule has 1 aliphatic heterocycles. The Morgan fingerprint density at radius 1 is 1.69 bits per heavy atom. The molecule has 0 spiro atoms. The molecule has 0 aromatic heterocycles. The van der Waals surface area contributed by atoms with Crippen molar-refractivity contribution in [2.75, 3.05) is 13.1 Å². The van der Waals surface area contributed by atoms with E-state index in [2.05, 4.69) is 4.99 Å². The van der Waals surface area contributed by atoms with Crippen molar-refractivity contribution in [1.82, 2.24) is 4.90 Å². The van der Waals surface area contributed by atoms with Crippen LogP contribution in [-0.2, 0) is 10.3 Å². The van der Waals surface area contributed by atoms with Crippen molar-refractivity contribution < 1.29 is 8.42 Å². The fourth-order valence-electron chi connectivity index (χ4n) is 1.11. The number of nitrogens with zero attached hydrogens (tertiary/aromatic N) is 2. The minimum absolute atomic E-state index is 0.549. The smallest absolute Gasteiger partial charge is 0.210 e. The molecule has 0 N–H and O–H groups in total. The average molecular weight is 200 g/mol. The third-order valence-electron chi connectivity index (χ3n) is 1.65. The van der Waals surface area contributed by atoms with E-state index in [0.29, 0.717) is 6.42 Å². The van der Waals surface area contributed by atoms with Gasteiger partial charge in [-0.1, -0.05) is 0 Å². The van der Waals surface area contributed by atoms with Crippen molar-refractivity contribution in [1.29, 1.82) is 0 Å². The standard InChI is InChI=1S/C8H12N2O2S/c1-8-7-10(5-3-9-8)4-2-6-13(11)12/h3,6-7H,2,4-5H2,1H3. The summed E-state index contributed by atoms with van der Waals surface area (Å²) in [5, 5.41) is 1.27. The van der Waals surface area contributed by atoms with Crippen molar-refractivity contribution in [2.24, 2.45) is 4.99 Å². The first kappa shape index (κ1) is 9.98. The third-order valence-corrected chi connectivity index (χ3v) is 2.16. The molecule has 5 heteroatoms. The molecular weight excluding hydrogens is 188 g/mol. The van der Waals surface area contributed by atoms with Crippen molar-refractivity contribution >= 4 is 21.9 Å². The maximum absolute atomic E-state index is 10.2. The monoisotopic (exact) mass is 200 g/mol. The highest BCUT2D eigenvalue weighted by Crippen LogP contribution is 2.03. The summed E-state index contributed by atoms with van der Waals surface area (Å²) in [4.78, 5) is 6.12. The van der Waals surface area contributed by atoms with Crippen molar-refractivity contribution in [3.8, 4) is 0 Å². The molecule has 0 saturated heterocycles. The minimum atomic E-state index is -2.03. The van der Waals surface area contributed by atoms with E-state index in [-0.39, 0.29) is 0 Å². The lowest BCUT2D eigenvalue weighted by Crippen LogP contribution is -2.23. The van der Waals surface area contributed by atoms with Crippen LogP contribution in [0.1, 0.15) is 13.3 Å². The summed E-state index contributed by atoms with van der Waals surface area (Å²) < 4.78 is 20.4. The summed E-state index contributed by atoms with van der Waals surface area (Å²) >= 11 is 0. The fraction of sp³-hybridized carbons (Fsp3) is 0.500. The zero-order valence-corrected chi connectivity index (χ0v) is 8.29. The largest absolute Gasteiger partial charge is 0.370 e. The van der Waals surface area contributed by atoms with Gasteiger partial charge < -0.3 is 4.90 Å². The lowest BCUT2D eigenvalue weighted by molar-refractivity contribution is 0.435. The molecule has 0 aromatic rings. The summed E-state index contributed by atoms with van der Waals surface area (Å²) in [6.07, 6.45) is 4.30. The lowest BCUT2D eigenvalue weighted by atomic mass is 10.3. The Hall–Kier alpha value is -1.10. The molecule has 1 heterocycles. The van der Waals surface area contributed by atoms with Gasteiger partial charge in [-0.3, -0.25) is 4.99 Å². The predicted molar refractivity (Wildman–Crippen MR) is 53.4 cm³/mol. The van der Waals surface area contributed by atoms with Crippen LogP contribution in [0.3, 0.4) is 0 Å². The van der Waals surface area contributed by atoms with Gasteiger partial charge in [-0.15, -0.1) is 0 Å². The number of aliphatic imine (C=N–C) groups is 1. The molecule has 13 heavy (non-hydrogen) atoms. The van der Waals surface area contributed by atoms with Gasteiger partial charge in [0.05, 0.1) is 12.2 Å². The Labute approximate surface area is 79.1 Å². The maximum Gasteiger partial charge on any atom is 0.210 e. The molecule has 0 amide bonds. The second-order valence-corrected chi connectivity index (χ2v) is 3.65. The molecule has 0 saturated carbocycles. The van der Waals surface area contributed by atoms with Crippen LogP contribution in [0.15, 0.2) is 16.9 Å². The van der Waals surface area contributed by atoms with Gasteiger partial charge in [0.2, 0.25) is 10.3 Å². The lowest BCUT2D eigenvalue weighted by Gasteiger charge is -2.20. The quantitative estimate of drug-likeness (QED) is 0.616. The van der Waals surface area contributed by atoms with Crippen LogP contribution < -0.4 is 0 Å². The van der Waals surface area contributed by atoms with Crippen molar-refractivity contribution in [3.05, 3.63) is 11.9 Å². The summed E-state index contributed by atoms with van der Waals surface area (Å²) in [6, 6.07) is 0. The van der Waals surface area contributed by atoms with Crippen LogP contribution in [0, 0.1) is 0 Å². The zero-order valence-electron chi connectivity index (χ0n) is 7.47. The second-order valence-electron chi connectivity index (χ2n) is 2.79. The molecule has 72 valence electrons. The van der Waals surface area contributed by atoms with Crippen LogP contribution in [-0.4, -0.2) is 38.0 Å². The van der Waals surface area contributed by atoms with Crippen LogP contribution in [0.2, 0.25) is 0 Å². The number of allylic oxidation sites excluding steroid dienone is 1. The van der Waals surface area contributed by atoms with Gasteiger partial charge in [0, 0.05) is 24.3 Å². The molecule has 0 aliphatic carbocycles. The predicted octanol–water partition coefficient (Wildman–Crippen LogP) is 0.306. The molecule has 0 bridgehead atoms. The first-order valence-corrected chi connectivity index (χ1v) is 5.18. The Bertz CT molecular complexity index is 346. The van der Waals surface area contributed by atoms with Gasteiger partial charge in [-0.05, 0) is 13.3 Å². The molecule has 4 nitrogen and oxygen atoms in total. The van der Waals surface area contributed by atoms with Crippen LogP contribution in [0.4, 0.5) is 0 Å². The molecule has 0 aromatic carbocycles. The molecule has 1 rings (SSSR count). The summed E-state index contributed by atoms with van der Waals surface area (Å²) in [6.45, 7) is 3.39. The highest BCUT2D eigenvalue weighted by molar-refractivity contribution is 7.71. The normalized spacial score (nSPS) is 15.5. The molecule has 0 radical (unpaired) electrons. The zero-order chi connectivity index (χ0) is 9.68. The maximum atomic E-state index is 10.2. The third kappa shape index (κ3) is 3.89. The van der Waals surface area contributed by atoms with E-state index in [1.807, 2.05) is 24.2 Å². The number of hydrogen-bond acceptors (Lipinski definition) is 4. The van der Waals surface area contributed by atoms with Gasteiger partial charge in [-0.2, -0.15) is 8.42 Å². The van der Waals surface area contributed by atoms with Gasteiger partial charge in [-0.25, -0.2) is 0 Å². The average Bonchev–Trinajstić information content (AvgIpc) is 2.03. The highest BCUT2D eigenvalue weighted by Gasteiger charge is 2.01. The Morgan fingerprint density at radius 2 is 2.46 bits per heavy atom. The Morgan fingerprint density at radius 3 is 3.08 bits per heavy atom. The fourth-order valence-corrected chi connectivity index (χ4v) is 1.41. The van der Waals surface area contributed by atoms with Crippen molar-refractivity contribution in [2.45, 2.75) is 13.3 Å². The molecule has 1 aliphatic rings. The first-order chi connectivity index (χ1) is 6.18. The van der Waals surface area contributed by atoms with Crippen LogP contribution in [0.5, 0.6) is 0 Å². The second kappa shape index (κ2) is 4.81. The van der Waals surface area contributed by atoms with E-state index in [1.165, 1.54) is 5.37 Å². The SMILES string of the molecule is CC1=CN(CCC=S(=O)=O)CC=N1. The molecular formula is C8H12N2O2S. The summed E-state index contributed by atoms with van der Waals surface area (Å²) in [7, 11) is -2.03. The molecule has 0 unspecified atom stereocenters. The van der Waals surface area contributed by atoms with Gasteiger partial charge in [0.15, 0.2) is 0 Å². The Kier molecular flexibility index (Phi) is 3.70. The van der Waals surface area contributed by atoms with Crippen LogP contribution >= 0.6 is 0 Å². The van der Waals surface area contributed by atoms with E-state index >= 15 is 0 Å². The topological polar surface area (TPSA) is 49.7 Å². The number of hydrogen-bond donors (Lipinski definition) is 0. The minimum Gasteiger partial charge on any atom is -0.370 e. The first-order valence-electron chi connectivity index (χ1n) is 4.05. The number of rotatable bonds is 3. The Balaban J connectivity index is 2.39. The summed E-state index contributed by atoms with van der Waals surface area (Å²) in [5.74, 6) is 0. The van der Waals surface area contributed by atoms with E-state index in [4.69, 9.17) is 0 Å². The molecule has 0 fully saturated rings. The van der Waals surface area contributed by atoms with Crippen molar-refractivity contribution in [3.63, 3.8) is 0 Å². The summed E-state index contributed by atoms with van der Waals surface area (Å²) in [5.41, 5.74) is 0.953. The van der Waals surface area contributed by atoms with Gasteiger partial charge in [0.1, 0.15) is 0 Å². The molecule has 0 atom stereocenters. The van der Waals surface area contributed by atoms with Gasteiger partial charge >= 0.3 is 0 Å². The highest BCUT2D eigenvalue weighted by atomic mass is 32.2.